The molecule has 31 heavy (non-hydrogen) atoms. The minimum Gasteiger partial charge on any atom is -0.497 e. The van der Waals surface area contributed by atoms with Crippen molar-refractivity contribution in [3.05, 3.63) is 40.2 Å². The molecule has 2 N–H and O–H groups in total. The highest BCUT2D eigenvalue weighted by Crippen LogP contribution is 2.19. The Balaban J connectivity index is 1.77. The monoisotopic (exact) mass is 446 g/mol. The fourth-order valence-corrected chi connectivity index (χ4v) is 4.09. The SMILES string of the molecule is CCN(CC)CCN(Cc1cc2cc(OC)ccc2[nH]c1=O)C(=S)NCC1CCCO1. The average molecular weight is 447 g/mol. The zero-order valence-electron chi connectivity index (χ0n) is 18.8. The maximum atomic E-state index is 12.8. The molecule has 1 aromatic heterocycles. The number of hydrogen-bond acceptors (Lipinski definition) is 5. The smallest absolute Gasteiger partial charge is 0.253 e. The number of likely N-dealkylation sites (N-methyl/N-ethyl adjacent to an activating group) is 1. The lowest BCUT2D eigenvalue weighted by atomic mass is 10.1. The van der Waals surface area contributed by atoms with Crippen molar-refractivity contribution < 1.29 is 9.47 Å². The number of ether oxygens (including phenoxy) is 2. The van der Waals surface area contributed by atoms with Crippen molar-refractivity contribution in [3.8, 4) is 5.75 Å². The van der Waals surface area contributed by atoms with E-state index >= 15 is 0 Å². The lowest BCUT2D eigenvalue weighted by Gasteiger charge is -2.29. The van der Waals surface area contributed by atoms with Crippen LogP contribution in [0.1, 0.15) is 32.3 Å². The Morgan fingerprint density at radius 3 is 2.77 bits per heavy atom. The first-order valence-electron chi connectivity index (χ1n) is 11.1. The van der Waals surface area contributed by atoms with E-state index in [-0.39, 0.29) is 11.7 Å². The molecule has 1 aliphatic heterocycles. The Labute approximate surface area is 189 Å². The van der Waals surface area contributed by atoms with Gasteiger partial charge in [-0.05, 0) is 62.4 Å². The van der Waals surface area contributed by atoms with Crippen LogP contribution in [-0.4, -0.2) is 72.4 Å². The van der Waals surface area contributed by atoms with Crippen LogP contribution in [0, 0.1) is 0 Å². The van der Waals surface area contributed by atoms with Gasteiger partial charge in [0.05, 0.1) is 19.8 Å². The number of pyridine rings is 1. The van der Waals surface area contributed by atoms with Gasteiger partial charge < -0.3 is 29.6 Å². The summed E-state index contributed by atoms with van der Waals surface area (Å²) in [5.74, 6) is 0.762. The average Bonchev–Trinajstić information content (AvgIpc) is 3.31. The first-order valence-corrected chi connectivity index (χ1v) is 11.5. The van der Waals surface area contributed by atoms with E-state index in [0.29, 0.717) is 23.8 Å². The van der Waals surface area contributed by atoms with Gasteiger partial charge in [-0.1, -0.05) is 13.8 Å². The topological polar surface area (TPSA) is 69.8 Å². The van der Waals surface area contributed by atoms with Crippen LogP contribution in [0.2, 0.25) is 0 Å². The molecule has 1 unspecified atom stereocenters. The number of fused-ring (bicyclic) bond motifs is 1. The van der Waals surface area contributed by atoms with E-state index in [4.69, 9.17) is 21.7 Å². The lowest BCUT2D eigenvalue weighted by molar-refractivity contribution is 0.113. The first kappa shape index (κ1) is 23.5. The summed E-state index contributed by atoms with van der Waals surface area (Å²) in [7, 11) is 1.64. The molecule has 1 atom stereocenters. The maximum absolute atomic E-state index is 12.8. The molecule has 1 aromatic carbocycles. The second-order valence-electron chi connectivity index (χ2n) is 7.85. The number of methoxy groups -OCH3 is 1. The summed E-state index contributed by atoms with van der Waals surface area (Å²) >= 11 is 5.72. The predicted molar refractivity (Wildman–Crippen MR) is 129 cm³/mol. The van der Waals surface area contributed by atoms with Crippen LogP contribution < -0.4 is 15.6 Å². The van der Waals surface area contributed by atoms with Gasteiger partial charge in [-0.2, -0.15) is 0 Å². The van der Waals surface area contributed by atoms with Crippen molar-refractivity contribution in [2.75, 3.05) is 46.4 Å². The van der Waals surface area contributed by atoms with Crippen molar-refractivity contribution in [1.82, 2.24) is 20.1 Å². The van der Waals surface area contributed by atoms with Crippen LogP contribution in [0.5, 0.6) is 5.75 Å². The first-order chi connectivity index (χ1) is 15.0. The van der Waals surface area contributed by atoms with Crippen molar-refractivity contribution in [3.63, 3.8) is 0 Å². The number of benzene rings is 1. The highest BCUT2D eigenvalue weighted by atomic mass is 32.1. The summed E-state index contributed by atoms with van der Waals surface area (Å²) in [6, 6.07) is 7.58. The minimum atomic E-state index is -0.0903. The maximum Gasteiger partial charge on any atom is 0.253 e. The molecule has 2 aromatic rings. The molecule has 2 heterocycles. The summed E-state index contributed by atoms with van der Waals surface area (Å²) in [5.41, 5.74) is 1.39. The van der Waals surface area contributed by atoms with Crippen molar-refractivity contribution in [1.29, 1.82) is 0 Å². The Kier molecular flexibility index (Phi) is 8.69. The number of rotatable bonds is 10. The van der Waals surface area contributed by atoms with Crippen LogP contribution in [-0.2, 0) is 11.3 Å². The van der Waals surface area contributed by atoms with Crippen molar-refractivity contribution >= 4 is 28.2 Å². The number of hydrogen-bond donors (Lipinski definition) is 2. The van der Waals surface area contributed by atoms with Crippen LogP contribution in [0.3, 0.4) is 0 Å². The third-order valence-electron chi connectivity index (χ3n) is 5.86. The molecule has 0 radical (unpaired) electrons. The van der Waals surface area contributed by atoms with Crippen molar-refractivity contribution in [2.24, 2.45) is 0 Å². The Morgan fingerprint density at radius 2 is 2.10 bits per heavy atom. The van der Waals surface area contributed by atoms with Gasteiger partial charge >= 0.3 is 0 Å². The molecular weight excluding hydrogens is 412 g/mol. The lowest BCUT2D eigenvalue weighted by Crippen LogP contribution is -2.46. The van der Waals surface area contributed by atoms with Gasteiger partial charge in [0.25, 0.3) is 5.56 Å². The summed E-state index contributed by atoms with van der Waals surface area (Å²) in [6.07, 6.45) is 2.36. The van der Waals surface area contributed by atoms with E-state index in [1.807, 2.05) is 24.3 Å². The number of nitrogens with one attached hydrogen (secondary N) is 2. The Morgan fingerprint density at radius 1 is 1.29 bits per heavy atom. The number of aromatic amines is 1. The molecule has 170 valence electrons. The number of aromatic nitrogens is 1. The van der Waals surface area contributed by atoms with Gasteiger partial charge in [0, 0.05) is 42.7 Å². The number of thiocarbonyl (C=S) groups is 1. The number of H-pyrrole nitrogens is 1. The third kappa shape index (κ3) is 6.41. The molecule has 3 rings (SSSR count). The summed E-state index contributed by atoms with van der Waals surface area (Å²) < 4.78 is 11.0. The van der Waals surface area contributed by atoms with Crippen LogP contribution in [0.25, 0.3) is 10.9 Å². The predicted octanol–water partition coefficient (Wildman–Crippen LogP) is 2.73. The third-order valence-corrected chi connectivity index (χ3v) is 6.26. The molecule has 0 spiro atoms. The van der Waals surface area contributed by atoms with Gasteiger partial charge in [0.15, 0.2) is 5.11 Å². The second-order valence-corrected chi connectivity index (χ2v) is 8.23. The van der Waals surface area contributed by atoms with Gasteiger partial charge in [-0.15, -0.1) is 0 Å². The molecule has 0 saturated carbocycles. The zero-order chi connectivity index (χ0) is 22.2. The zero-order valence-corrected chi connectivity index (χ0v) is 19.6. The molecular formula is C23H34N4O3S. The van der Waals surface area contributed by atoms with Crippen LogP contribution >= 0.6 is 12.2 Å². The van der Waals surface area contributed by atoms with Gasteiger partial charge in [0.2, 0.25) is 0 Å². The summed E-state index contributed by atoms with van der Waals surface area (Å²) in [6.45, 7) is 9.87. The molecule has 8 heteroatoms. The van der Waals surface area contributed by atoms with Gasteiger partial charge in [0.1, 0.15) is 5.75 Å². The number of nitrogens with zero attached hydrogens (tertiary/aromatic N) is 2. The molecule has 1 saturated heterocycles. The molecule has 0 amide bonds. The van der Waals surface area contributed by atoms with E-state index in [9.17, 15) is 4.79 Å². The highest BCUT2D eigenvalue weighted by Gasteiger charge is 2.18. The molecule has 1 fully saturated rings. The second kappa shape index (κ2) is 11.5. The Hall–Kier alpha value is -2.16. The molecule has 0 bridgehead atoms. The fourth-order valence-electron chi connectivity index (χ4n) is 3.85. The molecule has 1 aliphatic rings. The minimum absolute atomic E-state index is 0.0903. The van der Waals surface area contributed by atoms with Crippen LogP contribution in [0.15, 0.2) is 29.1 Å². The van der Waals surface area contributed by atoms with E-state index < -0.39 is 0 Å². The summed E-state index contributed by atoms with van der Waals surface area (Å²) in [5, 5.41) is 4.96. The normalized spacial score (nSPS) is 16.1. The quantitative estimate of drug-likeness (QED) is 0.544. The van der Waals surface area contributed by atoms with E-state index in [2.05, 4.69) is 33.9 Å². The van der Waals surface area contributed by atoms with E-state index in [0.717, 1.165) is 62.3 Å². The van der Waals surface area contributed by atoms with Gasteiger partial charge in [-0.3, -0.25) is 4.79 Å². The van der Waals surface area contributed by atoms with Crippen LogP contribution in [0.4, 0.5) is 0 Å². The molecule has 7 nitrogen and oxygen atoms in total. The van der Waals surface area contributed by atoms with Crippen molar-refractivity contribution in [2.45, 2.75) is 39.3 Å². The molecule has 0 aliphatic carbocycles. The fraction of sp³-hybridized carbons (Fsp3) is 0.565. The highest BCUT2D eigenvalue weighted by molar-refractivity contribution is 7.80. The Bertz CT molecular complexity index is 923. The van der Waals surface area contributed by atoms with E-state index in [1.165, 1.54) is 0 Å². The standard InChI is InChI=1S/C23H34N4O3S/c1-4-26(5-2)10-11-27(23(31)24-15-20-7-6-12-30-20)16-18-13-17-14-19(29-3)8-9-21(17)25-22(18)28/h8-9,13-14,20H,4-7,10-12,15-16H2,1-3H3,(H,24,31)(H,25,28). The summed E-state index contributed by atoms with van der Waals surface area (Å²) in [4.78, 5) is 20.2. The van der Waals surface area contributed by atoms with Gasteiger partial charge in [-0.25, -0.2) is 0 Å². The largest absolute Gasteiger partial charge is 0.497 e. The van der Waals surface area contributed by atoms with E-state index in [1.54, 1.807) is 7.11 Å².